The Kier molecular flexibility index (Phi) is 6.94. The van der Waals surface area contributed by atoms with E-state index in [-0.39, 0.29) is 23.2 Å². The first-order chi connectivity index (χ1) is 18.7. The Hall–Kier alpha value is -4.12. The first-order valence-electron chi connectivity index (χ1n) is 12.9. The number of hydrogen-bond acceptors (Lipinski definition) is 5. The SMILES string of the molecule is CCn1c(=O)n(CC)c2cc(C(=O)N3CCC(n4c(=O)c5cc(Cl)ccc5n(C)c4=O)CC3)c(NC=O)cc21. The van der Waals surface area contributed by atoms with Gasteiger partial charge < -0.3 is 10.2 Å². The minimum absolute atomic E-state index is 0.179. The molecule has 12 heteroatoms. The van der Waals surface area contributed by atoms with E-state index >= 15 is 0 Å². The number of hydrogen-bond donors (Lipinski definition) is 1. The van der Waals surface area contributed by atoms with Gasteiger partial charge in [-0.05, 0) is 57.0 Å². The van der Waals surface area contributed by atoms with Crippen molar-refractivity contribution >= 4 is 51.5 Å². The van der Waals surface area contributed by atoms with Crippen LogP contribution in [0.1, 0.15) is 43.1 Å². The lowest BCUT2D eigenvalue weighted by Gasteiger charge is -2.33. The number of halogens is 1. The van der Waals surface area contributed by atoms with E-state index < -0.39 is 11.2 Å². The average Bonchev–Trinajstić information content (AvgIpc) is 3.20. The third kappa shape index (κ3) is 4.26. The zero-order valence-corrected chi connectivity index (χ0v) is 22.7. The summed E-state index contributed by atoms with van der Waals surface area (Å²) in [5, 5.41) is 3.38. The number of benzene rings is 2. The lowest BCUT2D eigenvalue weighted by molar-refractivity contribution is -0.105. The van der Waals surface area contributed by atoms with Gasteiger partial charge in [-0.1, -0.05) is 11.6 Å². The second-order valence-corrected chi connectivity index (χ2v) is 10.1. The number of aryl methyl sites for hydroxylation is 3. The van der Waals surface area contributed by atoms with Crippen molar-refractivity contribution in [2.24, 2.45) is 7.05 Å². The van der Waals surface area contributed by atoms with E-state index in [4.69, 9.17) is 11.6 Å². The molecule has 5 rings (SSSR count). The molecule has 0 unspecified atom stereocenters. The van der Waals surface area contributed by atoms with Crippen molar-refractivity contribution in [3.05, 3.63) is 72.2 Å². The van der Waals surface area contributed by atoms with E-state index in [0.29, 0.717) is 78.1 Å². The Labute approximate surface area is 227 Å². The molecular formula is C27H29ClN6O5. The first-order valence-corrected chi connectivity index (χ1v) is 13.3. The third-order valence-electron chi connectivity index (χ3n) is 7.61. The molecular weight excluding hydrogens is 524 g/mol. The molecule has 11 nitrogen and oxygen atoms in total. The number of carbonyl (C=O) groups is 2. The fraction of sp³-hybridized carbons (Fsp3) is 0.370. The Balaban J connectivity index is 1.48. The molecule has 1 saturated heterocycles. The highest BCUT2D eigenvalue weighted by atomic mass is 35.5. The largest absolute Gasteiger partial charge is 0.338 e. The number of carbonyl (C=O) groups excluding carboxylic acids is 2. The fourth-order valence-corrected chi connectivity index (χ4v) is 5.78. The number of anilines is 1. The average molecular weight is 553 g/mol. The maximum Gasteiger partial charge on any atom is 0.331 e. The molecule has 1 fully saturated rings. The highest BCUT2D eigenvalue weighted by Gasteiger charge is 2.29. The quantitative estimate of drug-likeness (QED) is 0.369. The molecule has 4 aromatic rings. The summed E-state index contributed by atoms with van der Waals surface area (Å²) in [4.78, 5) is 65.9. The molecule has 3 heterocycles. The molecule has 0 saturated carbocycles. The molecule has 0 atom stereocenters. The highest BCUT2D eigenvalue weighted by molar-refractivity contribution is 6.31. The lowest BCUT2D eigenvalue weighted by Crippen LogP contribution is -2.46. The van der Waals surface area contributed by atoms with E-state index in [2.05, 4.69) is 5.32 Å². The number of rotatable bonds is 6. The van der Waals surface area contributed by atoms with Crippen LogP contribution in [0.4, 0.5) is 5.69 Å². The van der Waals surface area contributed by atoms with Gasteiger partial charge in [0.1, 0.15) is 0 Å². The van der Waals surface area contributed by atoms with Crippen LogP contribution < -0.4 is 22.3 Å². The summed E-state index contributed by atoms with van der Waals surface area (Å²) in [6, 6.07) is 7.78. The van der Waals surface area contributed by atoms with Gasteiger partial charge in [-0.2, -0.15) is 0 Å². The zero-order chi connectivity index (χ0) is 28.0. The fourth-order valence-electron chi connectivity index (χ4n) is 5.60. The highest BCUT2D eigenvalue weighted by Crippen LogP contribution is 2.28. The molecule has 204 valence electrons. The predicted molar refractivity (Wildman–Crippen MR) is 150 cm³/mol. The maximum absolute atomic E-state index is 13.7. The van der Waals surface area contributed by atoms with Gasteiger partial charge in [-0.15, -0.1) is 0 Å². The molecule has 0 bridgehead atoms. The number of nitrogens with one attached hydrogen (secondary N) is 1. The molecule has 0 spiro atoms. The topological polar surface area (TPSA) is 120 Å². The van der Waals surface area contributed by atoms with Crippen LogP contribution in [-0.4, -0.2) is 48.6 Å². The Morgan fingerprint density at radius 2 is 1.62 bits per heavy atom. The molecule has 39 heavy (non-hydrogen) atoms. The summed E-state index contributed by atoms with van der Waals surface area (Å²) >= 11 is 6.12. The van der Waals surface area contributed by atoms with Crippen LogP contribution >= 0.6 is 11.6 Å². The predicted octanol–water partition coefficient (Wildman–Crippen LogP) is 2.56. The van der Waals surface area contributed by atoms with E-state index in [1.165, 1.54) is 9.13 Å². The number of nitrogens with zero attached hydrogens (tertiary/aromatic N) is 5. The number of likely N-dealkylation sites (tertiary alicyclic amines) is 1. The summed E-state index contributed by atoms with van der Waals surface area (Å²) in [6.45, 7) is 5.22. The minimum Gasteiger partial charge on any atom is -0.338 e. The molecule has 2 aromatic heterocycles. The van der Waals surface area contributed by atoms with Crippen LogP contribution in [0.3, 0.4) is 0 Å². The summed E-state index contributed by atoms with van der Waals surface area (Å²) in [5.41, 5.74) is 1.35. The first kappa shape index (κ1) is 26.5. The van der Waals surface area contributed by atoms with Gasteiger partial charge in [0.15, 0.2) is 0 Å². The van der Waals surface area contributed by atoms with Crippen LogP contribution in [0.5, 0.6) is 0 Å². The van der Waals surface area contributed by atoms with Gasteiger partial charge in [0.25, 0.3) is 11.5 Å². The number of imidazole rings is 1. The Morgan fingerprint density at radius 3 is 2.23 bits per heavy atom. The van der Waals surface area contributed by atoms with Crippen molar-refractivity contribution < 1.29 is 9.59 Å². The summed E-state index contributed by atoms with van der Waals surface area (Å²) in [7, 11) is 1.62. The van der Waals surface area contributed by atoms with Crippen LogP contribution in [0.15, 0.2) is 44.7 Å². The van der Waals surface area contributed by atoms with Gasteiger partial charge in [-0.25, -0.2) is 9.59 Å². The van der Waals surface area contributed by atoms with Crippen molar-refractivity contribution in [3.8, 4) is 0 Å². The Morgan fingerprint density at radius 1 is 0.974 bits per heavy atom. The monoisotopic (exact) mass is 552 g/mol. The van der Waals surface area contributed by atoms with Gasteiger partial charge in [0, 0.05) is 44.3 Å². The summed E-state index contributed by atoms with van der Waals surface area (Å²) < 4.78 is 5.90. The number of aromatic nitrogens is 4. The second kappa shape index (κ2) is 10.2. The van der Waals surface area contributed by atoms with Crippen molar-refractivity contribution in [2.45, 2.75) is 45.8 Å². The third-order valence-corrected chi connectivity index (χ3v) is 7.85. The lowest BCUT2D eigenvalue weighted by atomic mass is 10.0. The normalized spacial score (nSPS) is 14.3. The van der Waals surface area contributed by atoms with E-state index in [0.717, 1.165) is 0 Å². The molecule has 0 aliphatic carbocycles. The van der Waals surface area contributed by atoms with Crippen molar-refractivity contribution in [1.29, 1.82) is 0 Å². The van der Waals surface area contributed by atoms with E-state index in [1.54, 1.807) is 51.4 Å². The van der Waals surface area contributed by atoms with Crippen LogP contribution in [0.25, 0.3) is 21.9 Å². The van der Waals surface area contributed by atoms with Gasteiger partial charge >= 0.3 is 11.4 Å². The number of fused-ring (bicyclic) bond motifs is 2. The van der Waals surface area contributed by atoms with Crippen LogP contribution in [0.2, 0.25) is 5.02 Å². The molecule has 1 aliphatic heterocycles. The van der Waals surface area contributed by atoms with Crippen molar-refractivity contribution in [2.75, 3.05) is 18.4 Å². The smallest absolute Gasteiger partial charge is 0.331 e. The van der Waals surface area contributed by atoms with E-state index in [1.807, 2.05) is 13.8 Å². The van der Waals surface area contributed by atoms with Crippen molar-refractivity contribution in [1.82, 2.24) is 23.2 Å². The minimum atomic E-state index is -0.416. The molecule has 1 N–H and O–H groups in total. The van der Waals surface area contributed by atoms with E-state index in [9.17, 15) is 24.0 Å². The van der Waals surface area contributed by atoms with Gasteiger partial charge in [0.05, 0.1) is 33.2 Å². The van der Waals surface area contributed by atoms with Gasteiger partial charge in [0.2, 0.25) is 6.41 Å². The van der Waals surface area contributed by atoms with Crippen LogP contribution in [0, 0.1) is 0 Å². The summed E-state index contributed by atoms with van der Waals surface area (Å²) in [6.07, 6.45) is 1.30. The van der Waals surface area contributed by atoms with Crippen LogP contribution in [-0.2, 0) is 24.9 Å². The molecule has 2 amide bonds. The summed E-state index contributed by atoms with van der Waals surface area (Å²) in [5.74, 6) is -0.301. The molecule has 1 aliphatic rings. The van der Waals surface area contributed by atoms with Gasteiger partial charge in [-0.3, -0.25) is 32.7 Å². The van der Waals surface area contributed by atoms with Crippen molar-refractivity contribution in [3.63, 3.8) is 0 Å². The maximum atomic E-state index is 13.7. The Bertz CT molecular complexity index is 1810. The number of amides is 2. The molecule has 2 aromatic carbocycles. The second-order valence-electron chi connectivity index (χ2n) is 9.62. The molecule has 0 radical (unpaired) electrons. The zero-order valence-electron chi connectivity index (χ0n) is 21.9. The standard InChI is InChI=1S/C27H29ClN6O5/c1-4-32-22-13-18(20(29-15-35)14-23(22)33(5-2)27(32)39)24(36)31-10-8-17(9-11-31)34-25(37)19-12-16(28)6-7-21(19)30(3)26(34)38/h6-7,12-15,17H,4-5,8-11H2,1-3H3,(H,29,35). The number of piperidine rings is 1.